The summed E-state index contributed by atoms with van der Waals surface area (Å²) in [6.45, 7) is 6.05. The summed E-state index contributed by atoms with van der Waals surface area (Å²) in [7, 11) is 0. The van der Waals surface area contributed by atoms with Gasteiger partial charge in [0.1, 0.15) is 11.9 Å². The van der Waals surface area contributed by atoms with Crippen LogP contribution in [0.25, 0.3) is 6.08 Å². The Hall–Kier alpha value is -1.48. The number of ether oxygens (including phenoxy) is 1. The minimum atomic E-state index is 0.210. The first-order valence-electron chi connectivity index (χ1n) is 8.72. The lowest BCUT2D eigenvalue weighted by atomic mass is 9.90. The number of unbranched alkanes of at least 4 members (excludes halogenated alkanes) is 1. The predicted molar refractivity (Wildman–Crippen MR) is 93.0 cm³/mol. The SMILES string of the molecule is CCCCN1CCC(CC2C=Cc3c(N)cccc3O2)CC1. The predicted octanol–water partition coefficient (Wildman–Crippen LogP) is 3.95. The van der Waals surface area contributed by atoms with Gasteiger partial charge in [0.25, 0.3) is 0 Å². The first kappa shape index (κ1) is 15.4. The van der Waals surface area contributed by atoms with Gasteiger partial charge in [-0.1, -0.05) is 19.4 Å². The summed E-state index contributed by atoms with van der Waals surface area (Å²) >= 11 is 0. The molecule has 120 valence electrons. The molecule has 1 fully saturated rings. The Kier molecular flexibility index (Phi) is 5.04. The van der Waals surface area contributed by atoms with Gasteiger partial charge < -0.3 is 15.4 Å². The third kappa shape index (κ3) is 3.64. The Labute approximate surface area is 134 Å². The van der Waals surface area contributed by atoms with Crippen molar-refractivity contribution in [2.75, 3.05) is 25.4 Å². The lowest BCUT2D eigenvalue weighted by Crippen LogP contribution is -2.36. The maximum Gasteiger partial charge on any atom is 0.129 e. The fourth-order valence-electron chi connectivity index (χ4n) is 3.53. The highest BCUT2D eigenvalue weighted by atomic mass is 16.5. The number of nitrogens with zero attached hydrogens (tertiary/aromatic N) is 1. The average Bonchev–Trinajstić information content (AvgIpc) is 2.54. The van der Waals surface area contributed by atoms with E-state index in [1.54, 1.807) is 0 Å². The number of fused-ring (bicyclic) bond motifs is 1. The van der Waals surface area contributed by atoms with Crippen molar-refractivity contribution < 1.29 is 4.74 Å². The molecule has 1 saturated heterocycles. The molecule has 0 radical (unpaired) electrons. The molecule has 3 heteroatoms. The molecule has 0 aromatic heterocycles. The van der Waals surface area contributed by atoms with Gasteiger partial charge in [0.15, 0.2) is 0 Å². The Balaban J connectivity index is 1.50. The van der Waals surface area contributed by atoms with Crippen LogP contribution in [-0.2, 0) is 0 Å². The Morgan fingerprint density at radius 2 is 2.09 bits per heavy atom. The van der Waals surface area contributed by atoms with Crippen molar-refractivity contribution in [2.45, 2.75) is 45.1 Å². The summed E-state index contributed by atoms with van der Waals surface area (Å²) < 4.78 is 6.13. The molecule has 1 atom stereocenters. The van der Waals surface area contributed by atoms with E-state index >= 15 is 0 Å². The quantitative estimate of drug-likeness (QED) is 0.837. The molecule has 1 aromatic rings. The van der Waals surface area contributed by atoms with Crippen LogP contribution in [0.3, 0.4) is 0 Å². The van der Waals surface area contributed by atoms with Crippen molar-refractivity contribution in [1.29, 1.82) is 0 Å². The van der Waals surface area contributed by atoms with Gasteiger partial charge in [-0.3, -0.25) is 0 Å². The molecule has 3 rings (SSSR count). The molecule has 2 aliphatic heterocycles. The standard InChI is InChI=1S/C19H28N2O/c1-2-3-11-21-12-9-15(10-13-21)14-16-7-8-17-18(20)5-4-6-19(17)22-16/h4-8,15-16H,2-3,9-14,20H2,1H3. The van der Waals surface area contributed by atoms with E-state index in [1.807, 2.05) is 18.2 Å². The van der Waals surface area contributed by atoms with E-state index in [4.69, 9.17) is 10.5 Å². The van der Waals surface area contributed by atoms with E-state index in [0.717, 1.165) is 29.3 Å². The number of anilines is 1. The third-order valence-electron chi connectivity index (χ3n) is 4.96. The zero-order chi connectivity index (χ0) is 15.4. The van der Waals surface area contributed by atoms with Crippen LogP contribution in [0.1, 0.15) is 44.6 Å². The van der Waals surface area contributed by atoms with E-state index in [0.29, 0.717) is 0 Å². The molecule has 2 heterocycles. The number of nitrogen functional groups attached to an aromatic ring is 1. The Bertz CT molecular complexity index is 518. The van der Waals surface area contributed by atoms with Gasteiger partial charge in [0.2, 0.25) is 0 Å². The van der Waals surface area contributed by atoms with Crippen molar-refractivity contribution in [3.8, 4) is 5.75 Å². The summed E-state index contributed by atoms with van der Waals surface area (Å²) in [4.78, 5) is 2.62. The van der Waals surface area contributed by atoms with Crippen molar-refractivity contribution >= 4 is 11.8 Å². The van der Waals surface area contributed by atoms with E-state index in [-0.39, 0.29) is 6.10 Å². The van der Waals surface area contributed by atoms with Gasteiger partial charge in [-0.25, -0.2) is 0 Å². The number of benzene rings is 1. The third-order valence-corrected chi connectivity index (χ3v) is 4.96. The topological polar surface area (TPSA) is 38.5 Å². The monoisotopic (exact) mass is 300 g/mol. The smallest absolute Gasteiger partial charge is 0.129 e. The van der Waals surface area contributed by atoms with Crippen LogP contribution in [0.4, 0.5) is 5.69 Å². The molecule has 0 spiro atoms. The molecule has 2 aliphatic rings. The molecule has 2 N–H and O–H groups in total. The average molecular weight is 300 g/mol. The molecular weight excluding hydrogens is 272 g/mol. The van der Waals surface area contributed by atoms with Crippen LogP contribution in [0.5, 0.6) is 5.75 Å². The number of hydrogen-bond donors (Lipinski definition) is 1. The van der Waals surface area contributed by atoms with Crippen LogP contribution in [0.2, 0.25) is 0 Å². The second-order valence-electron chi connectivity index (χ2n) is 6.65. The van der Waals surface area contributed by atoms with Crippen molar-refractivity contribution in [3.05, 3.63) is 29.8 Å². The first-order valence-corrected chi connectivity index (χ1v) is 8.72. The van der Waals surface area contributed by atoms with Crippen LogP contribution < -0.4 is 10.5 Å². The van der Waals surface area contributed by atoms with E-state index in [1.165, 1.54) is 45.3 Å². The van der Waals surface area contributed by atoms with Crippen molar-refractivity contribution in [3.63, 3.8) is 0 Å². The maximum atomic E-state index is 6.13. The van der Waals surface area contributed by atoms with E-state index in [9.17, 15) is 0 Å². The van der Waals surface area contributed by atoms with Crippen LogP contribution >= 0.6 is 0 Å². The van der Waals surface area contributed by atoms with Crippen LogP contribution in [-0.4, -0.2) is 30.6 Å². The molecule has 0 amide bonds. The molecular formula is C19H28N2O. The van der Waals surface area contributed by atoms with Gasteiger partial charge >= 0.3 is 0 Å². The molecule has 22 heavy (non-hydrogen) atoms. The number of rotatable bonds is 5. The van der Waals surface area contributed by atoms with Gasteiger partial charge in [0, 0.05) is 11.3 Å². The summed E-state index contributed by atoms with van der Waals surface area (Å²) in [5, 5.41) is 0. The normalized spacial score (nSPS) is 22.3. The maximum absolute atomic E-state index is 6.13. The second kappa shape index (κ2) is 7.19. The lowest BCUT2D eigenvalue weighted by molar-refractivity contribution is 0.141. The largest absolute Gasteiger partial charge is 0.486 e. The first-order chi connectivity index (χ1) is 10.8. The minimum Gasteiger partial charge on any atom is -0.486 e. The summed E-state index contributed by atoms with van der Waals surface area (Å²) in [5.41, 5.74) is 7.83. The zero-order valence-electron chi connectivity index (χ0n) is 13.6. The summed E-state index contributed by atoms with van der Waals surface area (Å²) in [6, 6.07) is 5.92. The van der Waals surface area contributed by atoms with Gasteiger partial charge in [-0.2, -0.15) is 0 Å². The molecule has 3 nitrogen and oxygen atoms in total. The number of hydrogen-bond acceptors (Lipinski definition) is 3. The Morgan fingerprint density at radius 3 is 2.86 bits per heavy atom. The van der Waals surface area contributed by atoms with E-state index < -0.39 is 0 Å². The fraction of sp³-hybridized carbons (Fsp3) is 0.579. The van der Waals surface area contributed by atoms with Crippen molar-refractivity contribution in [1.82, 2.24) is 4.90 Å². The number of likely N-dealkylation sites (tertiary alicyclic amines) is 1. The highest BCUT2D eigenvalue weighted by Crippen LogP contribution is 2.33. The lowest BCUT2D eigenvalue weighted by Gasteiger charge is -2.33. The second-order valence-corrected chi connectivity index (χ2v) is 6.65. The molecule has 1 unspecified atom stereocenters. The fourth-order valence-corrected chi connectivity index (χ4v) is 3.53. The van der Waals surface area contributed by atoms with Crippen molar-refractivity contribution in [2.24, 2.45) is 5.92 Å². The highest BCUT2D eigenvalue weighted by molar-refractivity contribution is 5.71. The molecule has 1 aromatic carbocycles. The zero-order valence-corrected chi connectivity index (χ0v) is 13.6. The van der Waals surface area contributed by atoms with E-state index in [2.05, 4.69) is 24.0 Å². The van der Waals surface area contributed by atoms with Gasteiger partial charge in [-0.15, -0.1) is 0 Å². The molecule has 0 bridgehead atoms. The number of piperidine rings is 1. The highest BCUT2D eigenvalue weighted by Gasteiger charge is 2.24. The Morgan fingerprint density at radius 1 is 1.27 bits per heavy atom. The summed E-state index contributed by atoms with van der Waals surface area (Å²) in [5.74, 6) is 1.73. The van der Waals surface area contributed by atoms with Crippen LogP contribution in [0.15, 0.2) is 24.3 Å². The summed E-state index contributed by atoms with van der Waals surface area (Å²) in [6.07, 6.45) is 10.9. The molecule has 0 saturated carbocycles. The van der Waals surface area contributed by atoms with Gasteiger partial charge in [0.05, 0.1) is 0 Å². The van der Waals surface area contributed by atoms with Crippen LogP contribution in [0, 0.1) is 5.92 Å². The minimum absolute atomic E-state index is 0.210. The van der Waals surface area contributed by atoms with Gasteiger partial charge in [-0.05, 0) is 75.5 Å². The molecule has 0 aliphatic carbocycles. The number of nitrogens with two attached hydrogens (primary N) is 1.